The molecule has 1 amide bonds. The van der Waals surface area contributed by atoms with Crippen molar-refractivity contribution >= 4 is 57.4 Å². The van der Waals surface area contributed by atoms with Gasteiger partial charge in [-0.15, -0.1) is 10.2 Å². The number of hydrogen-bond donors (Lipinski definition) is 5. The number of carbonyl (C=O) groups is 1. The van der Waals surface area contributed by atoms with Gasteiger partial charge >= 0.3 is 0 Å². The van der Waals surface area contributed by atoms with Crippen LogP contribution in [-0.4, -0.2) is 42.3 Å². The fourth-order valence-electron chi connectivity index (χ4n) is 5.41. The zero-order valence-electron chi connectivity index (χ0n) is 28.6. The Hall–Kier alpha value is -4.95. The number of aromatic nitrogens is 5. The first-order valence-electron chi connectivity index (χ1n) is 16.7. The molecule has 262 valence electrons. The van der Waals surface area contributed by atoms with Crippen molar-refractivity contribution in [2.75, 3.05) is 32.5 Å². The molecule has 1 fully saturated rings. The molecule has 0 saturated heterocycles. The van der Waals surface area contributed by atoms with Gasteiger partial charge in [0.2, 0.25) is 29.4 Å². The molecule has 3 aromatic carbocycles. The normalized spacial score (nSPS) is 13.3. The minimum absolute atomic E-state index is 0.515. The predicted molar refractivity (Wildman–Crippen MR) is 203 cm³/mol. The standard InChI is InChI=1S/C26H34N6.C10H10N4O2S2/c1-19-10-9-15-23(20(19)2)18-29-26-31-24(27-16-21-11-5-3-6-12-21)30-25(32-26)28-17-22-13-7-4-8-14-22;1-7-12-13-10(17-7)14-18(16)9-4-2-8(3-5-9)11-6-15/h3,5-6,9-12,15,22H,4,7-8,13-14,16-18H2,1-2H3,(H3,27,28,29,30,31,32);2-6H,1H3,(H,11,15)(H,13,14). The molecule has 1 atom stereocenters. The van der Waals surface area contributed by atoms with E-state index in [9.17, 15) is 9.00 Å². The number of aryl methyl sites for hydroxylation is 2. The van der Waals surface area contributed by atoms with Crippen LogP contribution in [-0.2, 0) is 28.9 Å². The topological polar surface area (TPSA) is 159 Å². The van der Waals surface area contributed by atoms with Gasteiger partial charge in [0.15, 0.2) is 11.0 Å². The minimum atomic E-state index is -1.39. The maximum absolute atomic E-state index is 11.9. The molecule has 1 saturated carbocycles. The average molecular weight is 713 g/mol. The van der Waals surface area contributed by atoms with Crippen molar-refractivity contribution in [3.8, 4) is 0 Å². The highest BCUT2D eigenvalue weighted by atomic mass is 32.2. The molecule has 0 radical (unpaired) electrons. The van der Waals surface area contributed by atoms with E-state index in [1.54, 1.807) is 24.3 Å². The van der Waals surface area contributed by atoms with Crippen LogP contribution in [0.5, 0.6) is 0 Å². The molecule has 2 aromatic heterocycles. The van der Waals surface area contributed by atoms with Crippen molar-refractivity contribution in [2.24, 2.45) is 5.92 Å². The van der Waals surface area contributed by atoms with Crippen LogP contribution in [0, 0.1) is 26.7 Å². The lowest BCUT2D eigenvalue weighted by atomic mass is 9.89. The van der Waals surface area contributed by atoms with Crippen molar-refractivity contribution < 1.29 is 9.00 Å². The second kappa shape index (κ2) is 18.7. The highest BCUT2D eigenvalue weighted by Gasteiger charge is 2.15. The summed E-state index contributed by atoms with van der Waals surface area (Å²) in [6, 6.07) is 23.4. The van der Waals surface area contributed by atoms with E-state index in [4.69, 9.17) is 0 Å². The monoisotopic (exact) mass is 712 g/mol. The fraction of sp³-hybridized carbons (Fsp3) is 0.333. The van der Waals surface area contributed by atoms with Gasteiger partial charge in [0.1, 0.15) is 5.01 Å². The Morgan fingerprint density at radius 1 is 0.780 bits per heavy atom. The maximum Gasteiger partial charge on any atom is 0.229 e. The van der Waals surface area contributed by atoms with Crippen LogP contribution in [0.3, 0.4) is 0 Å². The van der Waals surface area contributed by atoms with Crippen LogP contribution < -0.4 is 26.0 Å². The lowest BCUT2D eigenvalue weighted by Gasteiger charge is -2.22. The lowest BCUT2D eigenvalue weighted by molar-refractivity contribution is -0.105. The number of nitrogens with zero attached hydrogens (tertiary/aromatic N) is 5. The lowest BCUT2D eigenvalue weighted by Crippen LogP contribution is -2.19. The number of nitrogens with one attached hydrogen (secondary N) is 5. The summed E-state index contributed by atoms with van der Waals surface area (Å²) in [6.45, 7) is 8.38. The highest BCUT2D eigenvalue weighted by Crippen LogP contribution is 2.24. The van der Waals surface area contributed by atoms with Crippen molar-refractivity contribution in [2.45, 2.75) is 70.9 Å². The van der Waals surface area contributed by atoms with E-state index in [0.29, 0.717) is 59.0 Å². The summed E-state index contributed by atoms with van der Waals surface area (Å²) >= 11 is 1.34. The third-order valence-corrected chi connectivity index (χ3v) is 10.3. The van der Waals surface area contributed by atoms with Gasteiger partial charge in [0.25, 0.3) is 0 Å². The Morgan fingerprint density at radius 2 is 1.46 bits per heavy atom. The van der Waals surface area contributed by atoms with Gasteiger partial charge < -0.3 is 21.3 Å². The van der Waals surface area contributed by atoms with Crippen LogP contribution in [0.25, 0.3) is 0 Å². The molecule has 1 aliphatic rings. The Morgan fingerprint density at radius 3 is 2.12 bits per heavy atom. The number of hydrogen-bond acceptors (Lipinski definition) is 11. The van der Waals surface area contributed by atoms with Gasteiger partial charge in [-0.3, -0.25) is 9.52 Å². The highest BCUT2D eigenvalue weighted by molar-refractivity contribution is 7.86. The summed E-state index contributed by atoms with van der Waals surface area (Å²) in [7, 11) is -1.39. The van der Waals surface area contributed by atoms with Crippen molar-refractivity contribution in [3.05, 3.63) is 100 Å². The van der Waals surface area contributed by atoms with Gasteiger partial charge in [-0.2, -0.15) is 15.0 Å². The summed E-state index contributed by atoms with van der Waals surface area (Å²) in [5.74, 6) is 2.50. The Kier molecular flexibility index (Phi) is 13.6. The van der Waals surface area contributed by atoms with Crippen LogP contribution >= 0.6 is 11.3 Å². The molecule has 5 N–H and O–H groups in total. The molecular formula is C36H44N10O2S2. The molecule has 6 rings (SSSR count). The first-order valence-corrected chi connectivity index (χ1v) is 18.7. The van der Waals surface area contributed by atoms with Gasteiger partial charge in [0.05, 0.1) is 4.90 Å². The van der Waals surface area contributed by atoms with Crippen molar-refractivity contribution in [3.63, 3.8) is 0 Å². The van der Waals surface area contributed by atoms with Gasteiger partial charge in [-0.25, -0.2) is 4.21 Å². The third-order valence-electron chi connectivity index (χ3n) is 8.36. The number of benzene rings is 3. The second-order valence-corrected chi connectivity index (χ2v) is 14.4. The predicted octanol–water partition coefficient (Wildman–Crippen LogP) is 7.25. The maximum atomic E-state index is 11.9. The van der Waals surface area contributed by atoms with Crippen LogP contribution in [0.15, 0.2) is 77.7 Å². The molecule has 1 unspecified atom stereocenters. The van der Waals surface area contributed by atoms with Crippen molar-refractivity contribution in [1.29, 1.82) is 0 Å². The first-order chi connectivity index (χ1) is 24.4. The van der Waals surface area contributed by atoms with E-state index in [2.05, 4.69) is 95.3 Å². The Balaban J connectivity index is 0.000000228. The van der Waals surface area contributed by atoms with Gasteiger partial charge in [-0.05, 0) is 86.1 Å². The molecule has 12 nitrogen and oxygen atoms in total. The summed E-state index contributed by atoms with van der Waals surface area (Å²) in [5.41, 5.74) is 5.68. The molecule has 14 heteroatoms. The summed E-state index contributed by atoms with van der Waals surface area (Å²) in [6.07, 6.45) is 7.19. The smallest absolute Gasteiger partial charge is 0.229 e. The summed E-state index contributed by atoms with van der Waals surface area (Å²) in [5, 5.41) is 21.7. The molecule has 0 spiro atoms. The van der Waals surface area contributed by atoms with E-state index >= 15 is 0 Å². The number of carbonyl (C=O) groups excluding carboxylic acids is 1. The van der Waals surface area contributed by atoms with E-state index in [1.165, 1.54) is 65.7 Å². The van der Waals surface area contributed by atoms with Gasteiger partial charge in [-0.1, -0.05) is 79.1 Å². The molecule has 0 bridgehead atoms. The zero-order valence-corrected chi connectivity index (χ0v) is 30.2. The first kappa shape index (κ1) is 36.3. The van der Waals surface area contributed by atoms with E-state index in [1.807, 2.05) is 25.1 Å². The zero-order chi connectivity index (χ0) is 35.1. The Labute approximate surface area is 300 Å². The van der Waals surface area contributed by atoms with Crippen molar-refractivity contribution in [1.82, 2.24) is 25.1 Å². The third kappa shape index (κ3) is 11.3. The molecule has 5 aromatic rings. The van der Waals surface area contributed by atoms with Crippen LogP contribution in [0.2, 0.25) is 0 Å². The number of anilines is 5. The summed E-state index contributed by atoms with van der Waals surface area (Å²) < 4.78 is 14.7. The van der Waals surface area contributed by atoms with Crippen LogP contribution in [0.4, 0.5) is 28.7 Å². The van der Waals surface area contributed by atoms with E-state index < -0.39 is 11.0 Å². The molecule has 2 heterocycles. The number of rotatable bonds is 14. The average Bonchev–Trinajstić information content (AvgIpc) is 3.56. The molecular weight excluding hydrogens is 669 g/mol. The fourth-order valence-corrected chi connectivity index (χ4v) is 6.95. The van der Waals surface area contributed by atoms with E-state index in [0.717, 1.165) is 11.6 Å². The molecule has 1 aliphatic carbocycles. The second-order valence-electron chi connectivity index (χ2n) is 12.0. The number of amides is 1. The minimum Gasteiger partial charge on any atom is -0.354 e. The largest absolute Gasteiger partial charge is 0.354 e. The quantitative estimate of drug-likeness (QED) is 0.0743. The van der Waals surface area contributed by atoms with E-state index in [-0.39, 0.29) is 0 Å². The molecule has 50 heavy (non-hydrogen) atoms. The molecule has 0 aliphatic heterocycles. The SMILES string of the molecule is Cc1cccc(CNc2nc(NCc3ccccc3)nc(NCC3CCCCC3)n2)c1C.Cc1nnc(NS(=O)c2ccc(NC=O)cc2)s1. The van der Waals surface area contributed by atoms with Gasteiger partial charge in [0, 0.05) is 25.3 Å². The Bertz CT molecular complexity index is 1830. The van der Waals surface area contributed by atoms with Crippen LogP contribution in [0.1, 0.15) is 59.4 Å². The summed E-state index contributed by atoms with van der Waals surface area (Å²) in [4.78, 5) is 24.8.